The molecule has 536 valence electrons. The molecule has 0 radical (unpaired) electrons. The van der Waals surface area contributed by atoms with Gasteiger partial charge < -0.3 is 39.5 Å². The van der Waals surface area contributed by atoms with Gasteiger partial charge in [-0.1, -0.05) is 299 Å². The summed E-state index contributed by atoms with van der Waals surface area (Å²) in [5.41, 5.74) is 21.8. The minimum Gasteiger partial charge on any atom is -0.360 e. The summed E-state index contributed by atoms with van der Waals surface area (Å²) in [6.45, 7) is 0. The van der Waals surface area contributed by atoms with E-state index in [0.717, 1.165) is 137 Å². The van der Waals surface area contributed by atoms with E-state index in [1.165, 1.54) is 92.1 Å². The number of hydrogen-bond donors (Lipinski definition) is 7. The monoisotopic (exact) mass is 1580 g/mol. The summed E-state index contributed by atoms with van der Waals surface area (Å²) < 4.78 is 4.26. The largest absolute Gasteiger partial charge is 0.360 e. The van der Waals surface area contributed by atoms with Gasteiger partial charge in [0.1, 0.15) is 23.3 Å². The Hall–Kier alpha value is -14.2. The SMILES string of the molecule is Brc1ccc2[nH]cc(-c3nc(-c4ccccc4)c(-c4ccc(-c5ccccc5)cc4)[nH]3)c2c1.Brc1ccc2[nH]cc(-c3nc4c5ccccc5c5ccccc5c4[nH]3)c2c1.Cn1cc(-c2nc3c4ccccc4c4ccccc4c3[nH]2)c2ccccc21.c1ccc2c(-c3nc4c5ccccc5c5ccccc5c4[nH]3)c[nH]c2c1. The van der Waals surface area contributed by atoms with Crippen LogP contribution < -0.4 is 0 Å². The lowest BCUT2D eigenvalue weighted by molar-refractivity contribution is 0.969. The van der Waals surface area contributed by atoms with E-state index in [1.807, 2.05) is 48.9 Å². The van der Waals surface area contributed by atoms with Gasteiger partial charge in [0, 0.05) is 150 Å². The van der Waals surface area contributed by atoms with Crippen LogP contribution in [-0.4, -0.2) is 59.4 Å². The third-order valence-electron chi connectivity index (χ3n) is 21.9. The van der Waals surface area contributed by atoms with E-state index >= 15 is 0 Å². The molecule has 0 aliphatic rings. The smallest absolute Gasteiger partial charge is 0.140 e. The first-order valence-corrected chi connectivity index (χ1v) is 39.2. The molecule has 0 saturated heterocycles. The maximum Gasteiger partial charge on any atom is 0.140 e. The van der Waals surface area contributed by atoms with Gasteiger partial charge in [-0.25, -0.2) is 19.9 Å². The van der Waals surface area contributed by atoms with Crippen LogP contribution in [0.25, 0.3) is 221 Å². The second-order valence-electron chi connectivity index (χ2n) is 28.5. The van der Waals surface area contributed by atoms with Gasteiger partial charge in [-0.05, 0) is 92.0 Å². The molecule has 14 heteroatoms. The number of imidazole rings is 4. The highest BCUT2D eigenvalue weighted by molar-refractivity contribution is 9.10. The second-order valence-corrected chi connectivity index (χ2v) is 30.4. The average molecular weight is 1580 g/mol. The molecule has 0 bridgehead atoms. The lowest BCUT2D eigenvalue weighted by Gasteiger charge is -2.06. The molecular weight excluding hydrogens is 1520 g/mol. The molecule has 16 aromatic carbocycles. The fourth-order valence-electron chi connectivity index (χ4n) is 16.6. The van der Waals surface area contributed by atoms with E-state index < -0.39 is 0 Å². The van der Waals surface area contributed by atoms with Crippen molar-refractivity contribution in [2.24, 2.45) is 7.05 Å². The number of para-hydroxylation sites is 2. The minimum atomic E-state index is 0.848. The molecule has 7 N–H and O–H groups in total. The number of nitrogens with one attached hydrogen (secondary N) is 7. The van der Waals surface area contributed by atoms with Crippen LogP contribution in [-0.2, 0) is 7.05 Å². The van der Waals surface area contributed by atoms with E-state index in [4.69, 9.17) is 19.9 Å². The molecular formula is C99H66Br2N12. The Morgan fingerprint density at radius 2 is 0.584 bits per heavy atom. The van der Waals surface area contributed by atoms with Crippen LogP contribution in [0.2, 0.25) is 0 Å². The number of nitrogens with zero attached hydrogens (tertiary/aromatic N) is 5. The normalized spacial score (nSPS) is 11.7. The Labute approximate surface area is 663 Å². The average Bonchev–Trinajstić information content (AvgIpc) is 1.65. The van der Waals surface area contributed by atoms with Gasteiger partial charge in [0.25, 0.3) is 0 Å². The molecule has 24 aromatic rings. The Morgan fingerprint density at radius 1 is 0.257 bits per heavy atom. The molecule has 8 heterocycles. The standard InChI is InChI=1S/C29H20BrN3.C24H17N3.C23H14BrN3.C23H15N3/c30-23-15-16-26-24(17-23)25(18-31-26)29-32-27(21-9-5-2-6-10-21)28(33-29)22-13-11-20(12-14-22)19-7-3-1-4-8-19;1-27-14-20(17-10-6-7-13-21(17)27)24-25-22-18-11-4-2-8-15(18)16-9-3-5-12-19(16)23(22)26-24;24-13-9-10-20-18(11-13)19(12-25-20)23-26-21-16-7-3-1-5-14(16)15-6-2-4-8-17(15)22(21)27-23;1-3-10-17-14(7-1)15-8-2-4-11-18(15)22-21(17)25-23(26-22)19-13-24-20-12-6-5-9-16(19)20/h1-18,31H,(H,32,33);2-14H,1H3,(H,25,26);1-12,25H,(H,26,27);1-13,24H,(H,25,26). The number of fused-ring (bicyclic) bond motifs is 22. The van der Waals surface area contributed by atoms with Crippen LogP contribution in [0.1, 0.15) is 0 Å². The summed E-state index contributed by atoms with van der Waals surface area (Å²) in [5, 5.41) is 19.3. The van der Waals surface area contributed by atoms with Gasteiger partial charge in [0.05, 0.1) is 44.5 Å². The van der Waals surface area contributed by atoms with Crippen molar-refractivity contribution in [3.63, 3.8) is 0 Å². The number of rotatable bonds is 7. The molecule has 0 aliphatic heterocycles. The van der Waals surface area contributed by atoms with E-state index in [9.17, 15) is 0 Å². The van der Waals surface area contributed by atoms with Gasteiger partial charge in [-0.2, -0.15) is 0 Å². The van der Waals surface area contributed by atoms with Crippen molar-refractivity contribution in [1.29, 1.82) is 0 Å². The molecule has 113 heavy (non-hydrogen) atoms. The summed E-state index contributed by atoms with van der Waals surface area (Å²) in [6.07, 6.45) is 8.24. The van der Waals surface area contributed by atoms with Gasteiger partial charge in [-0.15, -0.1) is 0 Å². The zero-order chi connectivity index (χ0) is 75.2. The third kappa shape index (κ3) is 11.7. The first-order valence-electron chi connectivity index (χ1n) is 37.6. The summed E-state index contributed by atoms with van der Waals surface area (Å²) in [5.74, 6) is 3.55. The van der Waals surface area contributed by atoms with Crippen molar-refractivity contribution < 1.29 is 0 Å². The van der Waals surface area contributed by atoms with Crippen molar-refractivity contribution in [3.05, 3.63) is 349 Å². The second kappa shape index (κ2) is 27.7. The van der Waals surface area contributed by atoms with Gasteiger partial charge in [0.15, 0.2) is 0 Å². The zero-order valence-corrected chi connectivity index (χ0v) is 64.0. The number of hydrogen-bond acceptors (Lipinski definition) is 4. The molecule has 0 spiro atoms. The fraction of sp³-hybridized carbons (Fsp3) is 0.0101. The maximum absolute atomic E-state index is 5.07. The number of H-pyrrole nitrogens is 7. The predicted octanol–water partition coefficient (Wildman–Crippen LogP) is 27.1. The van der Waals surface area contributed by atoms with Crippen LogP contribution in [0, 0.1) is 0 Å². The van der Waals surface area contributed by atoms with Crippen LogP contribution >= 0.6 is 31.9 Å². The molecule has 24 rings (SSSR count). The van der Waals surface area contributed by atoms with Crippen molar-refractivity contribution in [3.8, 4) is 79.2 Å². The van der Waals surface area contributed by atoms with Gasteiger partial charge >= 0.3 is 0 Å². The highest BCUT2D eigenvalue weighted by atomic mass is 79.9. The molecule has 0 saturated carbocycles. The molecule has 0 aliphatic carbocycles. The summed E-state index contributed by atoms with van der Waals surface area (Å²) in [4.78, 5) is 44.7. The Bertz CT molecular complexity index is 7590. The van der Waals surface area contributed by atoms with E-state index in [0.29, 0.717) is 0 Å². The minimum absolute atomic E-state index is 0.848. The number of aromatic nitrogens is 12. The Balaban J connectivity index is 0.0000000952. The van der Waals surface area contributed by atoms with Crippen LogP contribution in [0.4, 0.5) is 0 Å². The Kier molecular flexibility index (Phi) is 16.4. The van der Waals surface area contributed by atoms with E-state index in [2.05, 4.69) is 370 Å². The molecule has 0 unspecified atom stereocenters. The third-order valence-corrected chi connectivity index (χ3v) is 22.9. The first-order chi connectivity index (χ1) is 55.8. The highest BCUT2D eigenvalue weighted by Crippen LogP contribution is 2.43. The van der Waals surface area contributed by atoms with E-state index in [1.54, 1.807) is 0 Å². The molecule has 8 aromatic heterocycles. The molecule has 0 fully saturated rings. The summed E-state index contributed by atoms with van der Waals surface area (Å²) in [7, 11) is 2.08. The number of aryl methyl sites for hydroxylation is 1. The van der Waals surface area contributed by atoms with Crippen LogP contribution in [0.5, 0.6) is 0 Å². The lowest BCUT2D eigenvalue weighted by atomic mass is 10.0. The highest BCUT2D eigenvalue weighted by Gasteiger charge is 2.22. The zero-order valence-electron chi connectivity index (χ0n) is 60.8. The molecule has 0 amide bonds. The quantitative estimate of drug-likeness (QED) is 0.0790. The fourth-order valence-corrected chi connectivity index (χ4v) is 17.3. The maximum atomic E-state index is 5.07. The van der Waals surface area contributed by atoms with E-state index in [-0.39, 0.29) is 0 Å². The van der Waals surface area contributed by atoms with Crippen LogP contribution in [0.15, 0.2) is 349 Å². The predicted molar refractivity (Wildman–Crippen MR) is 477 cm³/mol. The van der Waals surface area contributed by atoms with Crippen molar-refractivity contribution in [2.45, 2.75) is 0 Å². The number of aromatic amines is 7. The van der Waals surface area contributed by atoms with Crippen molar-refractivity contribution in [2.75, 3.05) is 0 Å². The molecule has 0 atom stereocenters. The summed E-state index contributed by atoms with van der Waals surface area (Å²) in [6, 6.07) is 110. The topological polar surface area (TPSA) is 167 Å². The lowest BCUT2D eigenvalue weighted by Crippen LogP contribution is -1.84. The van der Waals surface area contributed by atoms with Gasteiger partial charge in [-0.3, -0.25) is 0 Å². The number of halogens is 2. The molecule has 12 nitrogen and oxygen atoms in total. The number of benzene rings is 16. The first kappa shape index (κ1) is 67.0. The van der Waals surface area contributed by atoms with Crippen LogP contribution in [0.3, 0.4) is 0 Å². The van der Waals surface area contributed by atoms with Crippen molar-refractivity contribution >= 4 is 173 Å². The van der Waals surface area contributed by atoms with Gasteiger partial charge in [0.2, 0.25) is 0 Å². The summed E-state index contributed by atoms with van der Waals surface area (Å²) >= 11 is 7.18. The Morgan fingerprint density at radius 3 is 1.04 bits per heavy atom. The van der Waals surface area contributed by atoms with Crippen molar-refractivity contribution in [1.82, 2.24) is 59.4 Å².